The lowest BCUT2D eigenvalue weighted by Crippen LogP contribution is -2.45. The summed E-state index contributed by atoms with van der Waals surface area (Å²) >= 11 is 0. The number of benzene rings is 1. The van der Waals surface area contributed by atoms with Gasteiger partial charge in [0.15, 0.2) is 0 Å². The molecule has 0 fully saturated rings. The van der Waals surface area contributed by atoms with Crippen molar-refractivity contribution in [1.82, 2.24) is 4.90 Å². The van der Waals surface area contributed by atoms with E-state index < -0.39 is 6.10 Å². The molecule has 1 aromatic carbocycles. The number of likely N-dealkylation sites (N-methyl/N-ethyl adjacent to an activating group) is 1. The predicted molar refractivity (Wildman–Crippen MR) is 85.7 cm³/mol. The maximum absolute atomic E-state index is 10.3. The van der Waals surface area contributed by atoms with Crippen molar-refractivity contribution in [3.63, 3.8) is 0 Å². The van der Waals surface area contributed by atoms with Gasteiger partial charge in [-0.1, -0.05) is 57.5 Å². The third-order valence-electron chi connectivity index (χ3n) is 3.97. The molecular weight excluding hydrogens is 248 g/mol. The van der Waals surface area contributed by atoms with E-state index in [1.165, 1.54) is 12.0 Å². The van der Waals surface area contributed by atoms with E-state index in [9.17, 15) is 5.11 Å². The number of aliphatic hydroxyl groups excluding tert-OH is 1. The van der Waals surface area contributed by atoms with Crippen molar-refractivity contribution in [3.8, 4) is 0 Å². The number of hydrogen-bond donors (Lipinski definition) is 2. The van der Waals surface area contributed by atoms with Crippen LogP contribution in [-0.4, -0.2) is 41.8 Å². The Balaban J connectivity index is 2.45. The summed E-state index contributed by atoms with van der Waals surface area (Å²) in [5, 5.41) is 10.3. The summed E-state index contributed by atoms with van der Waals surface area (Å²) in [6.07, 6.45) is 1.42. The van der Waals surface area contributed by atoms with Crippen molar-refractivity contribution in [2.45, 2.75) is 45.8 Å². The van der Waals surface area contributed by atoms with Crippen LogP contribution in [0.4, 0.5) is 0 Å². The van der Waals surface area contributed by atoms with Gasteiger partial charge < -0.3 is 15.7 Å². The summed E-state index contributed by atoms with van der Waals surface area (Å²) in [6.45, 7) is 9.24. The Morgan fingerprint density at radius 1 is 1.15 bits per heavy atom. The van der Waals surface area contributed by atoms with E-state index in [4.69, 9.17) is 5.73 Å². The van der Waals surface area contributed by atoms with E-state index in [0.717, 1.165) is 19.5 Å². The molecule has 0 aliphatic carbocycles. The lowest BCUT2D eigenvalue weighted by atomic mass is 10.0. The first-order valence-corrected chi connectivity index (χ1v) is 7.76. The highest BCUT2D eigenvalue weighted by atomic mass is 16.3. The van der Waals surface area contributed by atoms with Crippen molar-refractivity contribution < 1.29 is 5.11 Å². The van der Waals surface area contributed by atoms with E-state index in [0.29, 0.717) is 12.5 Å². The molecule has 0 heterocycles. The van der Waals surface area contributed by atoms with Crippen LogP contribution >= 0.6 is 0 Å². The molecule has 0 aliphatic rings. The molecule has 0 aromatic heterocycles. The first kappa shape index (κ1) is 17.2. The van der Waals surface area contributed by atoms with E-state index in [1.807, 2.05) is 18.2 Å². The summed E-state index contributed by atoms with van der Waals surface area (Å²) < 4.78 is 0. The zero-order valence-electron chi connectivity index (χ0n) is 13.1. The van der Waals surface area contributed by atoms with Gasteiger partial charge in [0.25, 0.3) is 0 Å². The molecule has 20 heavy (non-hydrogen) atoms. The molecule has 1 aromatic rings. The Morgan fingerprint density at radius 3 is 2.35 bits per heavy atom. The van der Waals surface area contributed by atoms with Crippen LogP contribution in [0, 0.1) is 5.92 Å². The quantitative estimate of drug-likeness (QED) is 0.728. The second kappa shape index (κ2) is 9.11. The number of nitrogens with two attached hydrogens (primary N) is 1. The minimum Gasteiger partial charge on any atom is -0.390 e. The van der Waals surface area contributed by atoms with E-state index in [2.05, 4.69) is 37.8 Å². The van der Waals surface area contributed by atoms with Crippen molar-refractivity contribution in [2.75, 3.05) is 19.6 Å². The summed E-state index contributed by atoms with van der Waals surface area (Å²) in [6, 6.07) is 9.93. The third kappa shape index (κ3) is 6.04. The highest BCUT2D eigenvalue weighted by Crippen LogP contribution is 2.08. The normalized spacial score (nSPS) is 16.1. The van der Waals surface area contributed by atoms with Gasteiger partial charge in [0.2, 0.25) is 0 Å². The maximum Gasteiger partial charge on any atom is 0.0820 e. The van der Waals surface area contributed by atoms with Crippen molar-refractivity contribution in [3.05, 3.63) is 35.9 Å². The van der Waals surface area contributed by atoms with Gasteiger partial charge in [0, 0.05) is 19.1 Å². The zero-order valence-corrected chi connectivity index (χ0v) is 13.1. The molecular formula is C17H30N2O. The summed E-state index contributed by atoms with van der Waals surface area (Å²) in [5.74, 6) is 0.660. The van der Waals surface area contributed by atoms with Gasteiger partial charge >= 0.3 is 0 Å². The van der Waals surface area contributed by atoms with E-state index in [-0.39, 0.29) is 6.04 Å². The van der Waals surface area contributed by atoms with Gasteiger partial charge in [0.1, 0.15) is 0 Å². The molecule has 0 amide bonds. The minimum absolute atomic E-state index is 0.205. The molecule has 3 N–H and O–H groups in total. The van der Waals surface area contributed by atoms with Gasteiger partial charge in [-0.25, -0.2) is 0 Å². The fourth-order valence-electron chi connectivity index (χ4n) is 2.32. The number of hydrogen-bond acceptors (Lipinski definition) is 3. The Morgan fingerprint density at radius 2 is 1.80 bits per heavy atom. The predicted octanol–water partition coefficient (Wildman–Crippen LogP) is 2.29. The molecule has 3 nitrogen and oxygen atoms in total. The van der Waals surface area contributed by atoms with Gasteiger partial charge in [-0.2, -0.15) is 0 Å². The monoisotopic (exact) mass is 278 g/mol. The third-order valence-corrected chi connectivity index (χ3v) is 3.97. The Hall–Kier alpha value is -0.900. The number of aliphatic hydroxyl groups is 1. The Bertz CT molecular complexity index is 355. The second-order valence-corrected chi connectivity index (χ2v) is 5.79. The lowest BCUT2D eigenvalue weighted by Gasteiger charge is -2.28. The summed E-state index contributed by atoms with van der Waals surface area (Å²) in [7, 11) is 0. The highest BCUT2D eigenvalue weighted by molar-refractivity contribution is 5.16. The molecule has 3 heteroatoms. The first-order chi connectivity index (χ1) is 9.56. The van der Waals surface area contributed by atoms with Crippen molar-refractivity contribution in [2.24, 2.45) is 11.7 Å². The van der Waals surface area contributed by atoms with Crippen LogP contribution in [0.25, 0.3) is 0 Å². The van der Waals surface area contributed by atoms with Crippen molar-refractivity contribution in [1.29, 1.82) is 0 Å². The molecule has 3 atom stereocenters. The number of rotatable bonds is 9. The van der Waals surface area contributed by atoms with Crippen LogP contribution in [0.3, 0.4) is 0 Å². The maximum atomic E-state index is 10.3. The summed E-state index contributed by atoms with van der Waals surface area (Å²) in [4.78, 5) is 2.30. The molecule has 0 spiro atoms. The van der Waals surface area contributed by atoms with Gasteiger partial charge in [-0.05, 0) is 24.4 Å². The van der Waals surface area contributed by atoms with Crippen LogP contribution in [0.15, 0.2) is 30.3 Å². The molecule has 114 valence electrons. The van der Waals surface area contributed by atoms with Crippen LogP contribution in [0.2, 0.25) is 0 Å². The van der Waals surface area contributed by atoms with E-state index in [1.54, 1.807) is 0 Å². The highest BCUT2D eigenvalue weighted by Gasteiger charge is 2.19. The molecule has 0 saturated heterocycles. The average molecular weight is 278 g/mol. The number of nitrogens with zero attached hydrogens (tertiary/aromatic N) is 1. The lowest BCUT2D eigenvalue weighted by molar-refractivity contribution is 0.0864. The molecule has 0 saturated carbocycles. The molecule has 3 unspecified atom stereocenters. The SMILES string of the molecule is CCC(C)CN(CC)CC(O)C(N)Cc1ccccc1. The smallest absolute Gasteiger partial charge is 0.0820 e. The van der Waals surface area contributed by atoms with Crippen LogP contribution in [0.5, 0.6) is 0 Å². The fraction of sp³-hybridized carbons (Fsp3) is 0.647. The van der Waals surface area contributed by atoms with Gasteiger partial charge in [-0.15, -0.1) is 0 Å². The molecule has 0 aliphatic heterocycles. The summed E-state index contributed by atoms with van der Waals surface area (Å²) in [5.41, 5.74) is 7.32. The molecule has 1 rings (SSSR count). The topological polar surface area (TPSA) is 49.5 Å². The van der Waals surface area contributed by atoms with Crippen molar-refractivity contribution >= 4 is 0 Å². The fourth-order valence-corrected chi connectivity index (χ4v) is 2.32. The minimum atomic E-state index is -0.473. The largest absolute Gasteiger partial charge is 0.390 e. The van der Waals surface area contributed by atoms with Crippen LogP contribution in [0.1, 0.15) is 32.8 Å². The van der Waals surface area contributed by atoms with Gasteiger partial charge in [-0.3, -0.25) is 0 Å². The average Bonchev–Trinajstić information content (AvgIpc) is 2.47. The second-order valence-electron chi connectivity index (χ2n) is 5.79. The van der Waals surface area contributed by atoms with Crippen LogP contribution in [-0.2, 0) is 6.42 Å². The standard InChI is InChI=1S/C17H30N2O/c1-4-14(3)12-19(5-2)13-17(20)16(18)11-15-9-7-6-8-10-15/h6-10,14,16-17,20H,4-5,11-13,18H2,1-3H3. The van der Waals surface area contributed by atoms with Gasteiger partial charge in [0.05, 0.1) is 6.10 Å². The molecule has 0 bridgehead atoms. The first-order valence-electron chi connectivity index (χ1n) is 7.76. The Kier molecular flexibility index (Phi) is 7.82. The van der Waals surface area contributed by atoms with E-state index >= 15 is 0 Å². The molecule has 0 radical (unpaired) electrons. The Labute approximate surface area is 123 Å². The van der Waals surface area contributed by atoms with Crippen LogP contribution < -0.4 is 5.73 Å². The zero-order chi connectivity index (χ0) is 15.0.